The van der Waals surface area contributed by atoms with Crippen LogP contribution in [0.4, 0.5) is 0 Å². The molecule has 0 saturated carbocycles. The van der Waals surface area contributed by atoms with Crippen molar-refractivity contribution in [1.29, 1.82) is 0 Å². The van der Waals surface area contributed by atoms with E-state index in [1.807, 2.05) is 12.1 Å². The topological polar surface area (TPSA) is 12.5 Å². The van der Waals surface area contributed by atoms with E-state index in [4.69, 9.17) is 16.3 Å². The maximum Gasteiger partial charge on any atom is 0.131 e. The van der Waals surface area contributed by atoms with Crippen LogP contribution in [0.5, 0.6) is 5.75 Å². The Morgan fingerprint density at radius 3 is 3.00 bits per heavy atom. The lowest BCUT2D eigenvalue weighted by atomic mass is 9.81. The number of fused-ring (bicyclic) bond motifs is 4. The lowest BCUT2D eigenvalue weighted by Gasteiger charge is -2.21. The second-order valence-electron chi connectivity index (χ2n) is 6.05. The lowest BCUT2D eigenvalue weighted by Crippen LogP contribution is -2.17. The molecule has 104 valence electrons. The van der Waals surface area contributed by atoms with Crippen molar-refractivity contribution in [3.8, 4) is 5.75 Å². The highest BCUT2D eigenvalue weighted by molar-refractivity contribution is 6.30. The van der Waals surface area contributed by atoms with E-state index in [0.29, 0.717) is 11.8 Å². The summed E-state index contributed by atoms with van der Waals surface area (Å²) >= 11 is 6.21. The van der Waals surface area contributed by atoms with Gasteiger partial charge in [-0.15, -0.1) is 0 Å². The van der Waals surface area contributed by atoms with Crippen LogP contribution in [0.1, 0.15) is 24.3 Å². The van der Waals surface area contributed by atoms with Crippen molar-refractivity contribution >= 4 is 11.6 Å². The molecule has 3 heteroatoms. The average Bonchev–Trinajstić information content (AvgIpc) is 2.78. The summed E-state index contributed by atoms with van der Waals surface area (Å²) in [4.78, 5) is 2.42. The molecule has 1 aromatic carbocycles. The van der Waals surface area contributed by atoms with E-state index < -0.39 is 0 Å². The van der Waals surface area contributed by atoms with Crippen LogP contribution < -0.4 is 4.74 Å². The molecule has 3 aliphatic rings. The van der Waals surface area contributed by atoms with E-state index in [1.54, 1.807) is 0 Å². The van der Waals surface area contributed by atoms with E-state index in [1.165, 1.54) is 11.1 Å². The predicted molar refractivity (Wildman–Crippen MR) is 81.2 cm³/mol. The van der Waals surface area contributed by atoms with Crippen LogP contribution in [0.15, 0.2) is 41.7 Å². The fraction of sp³-hybridized carbons (Fsp3) is 0.412. The van der Waals surface area contributed by atoms with Gasteiger partial charge in [0, 0.05) is 35.5 Å². The van der Waals surface area contributed by atoms with Crippen molar-refractivity contribution < 1.29 is 4.74 Å². The molecule has 0 aromatic heterocycles. The molecule has 2 nitrogen and oxygen atoms in total. The Hall–Kier alpha value is -1.25. The highest BCUT2D eigenvalue weighted by Gasteiger charge is 2.39. The minimum Gasteiger partial charge on any atom is -0.457 e. The van der Waals surface area contributed by atoms with Crippen molar-refractivity contribution in [3.63, 3.8) is 0 Å². The SMILES string of the molecule is CN1C[C@H]2C3=C(C=CCC3)Oc3ccc(Cl)cc3[C@@H]2C1. The Balaban J connectivity index is 1.88. The van der Waals surface area contributed by atoms with E-state index in [2.05, 4.69) is 30.2 Å². The molecule has 0 spiro atoms. The van der Waals surface area contributed by atoms with Gasteiger partial charge >= 0.3 is 0 Å². The third-order valence-corrected chi connectivity index (χ3v) is 4.94. The second-order valence-corrected chi connectivity index (χ2v) is 6.49. The van der Waals surface area contributed by atoms with Gasteiger partial charge in [0.05, 0.1) is 0 Å². The number of likely N-dealkylation sites (tertiary alicyclic amines) is 1. The van der Waals surface area contributed by atoms with Gasteiger partial charge in [-0.25, -0.2) is 0 Å². The Kier molecular flexibility index (Phi) is 2.90. The molecule has 0 amide bonds. The zero-order chi connectivity index (χ0) is 13.7. The van der Waals surface area contributed by atoms with Crippen molar-refractivity contribution in [2.75, 3.05) is 20.1 Å². The van der Waals surface area contributed by atoms with E-state index >= 15 is 0 Å². The van der Waals surface area contributed by atoms with E-state index in [-0.39, 0.29) is 0 Å². The minimum absolute atomic E-state index is 0.507. The average molecular weight is 288 g/mol. The quantitative estimate of drug-likeness (QED) is 0.715. The third-order valence-electron chi connectivity index (χ3n) is 4.71. The molecule has 1 aromatic rings. The highest BCUT2D eigenvalue weighted by atomic mass is 35.5. The van der Waals surface area contributed by atoms with Gasteiger partial charge in [0.25, 0.3) is 0 Å². The van der Waals surface area contributed by atoms with Crippen LogP contribution >= 0.6 is 11.6 Å². The standard InChI is InChI=1S/C17H18ClNO/c1-19-9-14-12-4-2-3-5-16(12)20-17-7-6-11(18)8-13(17)15(14)10-19/h3,5-8,14-15H,2,4,9-10H2,1H3/t14-,15-/m0/s1. The maximum absolute atomic E-state index is 6.21. The molecule has 2 heterocycles. The van der Waals surface area contributed by atoms with Gasteiger partial charge in [0.15, 0.2) is 0 Å². The number of hydrogen-bond donors (Lipinski definition) is 0. The summed E-state index contributed by atoms with van der Waals surface area (Å²) in [6.45, 7) is 2.20. The summed E-state index contributed by atoms with van der Waals surface area (Å²) in [5, 5.41) is 0.802. The van der Waals surface area contributed by atoms with Gasteiger partial charge in [0.2, 0.25) is 0 Å². The molecule has 2 aliphatic heterocycles. The summed E-state index contributed by atoms with van der Waals surface area (Å²) < 4.78 is 6.20. The van der Waals surface area contributed by atoms with Gasteiger partial charge < -0.3 is 9.64 Å². The van der Waals surface area contributed by atoms with Crippen LogP contribution in [-0.2, 0) is 0 Å². The molecule has 1 fully saturated rings. The number of hydrogen-bond acceptors (Lipinski definition) is 2. The van der Waals surface area contributed by atoms with Crippen LogP contribution in [-0.4, -0.2) is 25.0 Å². The first kappa shape index (κ1) is 12.5. The van der Waals surface area contributed by atoms with Crippen LogP contribution in [0.25, 0.3) is 0 Å². The monoisotopic (exact) mass is 287 g/mol. The number of benzene rings is 1. The minimum atomic E-state index is 0.507. The molecule has 1 saturated heterocycles. The first-order valence-corrected chi connectivity index (χ1v) is 7.65. The smallest absolute Gasteiger partial charge is 0.131 e. The zero-order valence-electron chi connectivity index (χ0n) is 11.6. The van der Waals surface area contributed by atoms with Crippen molar-refractivity contribution in [3.05, 3.63) is 52.3 Å². The fourth-order valence-corrected chi connectivity index (χ4v) is 4.00. The fourth-order valence-electron chi connectivity index (χ4n) is 3.82. The summed E-state index contributed by atoms with van der Waals surface area (Å²) in [6, 6.07) is 6.04. The Morgan fingerprint density at radius 2 is 2.10 bits per heavy atom. The molecular formula is C17H18ClNO. The number of allylic oxidation sites excluding steroid dienone is 2. The summed E-state index contributed by atoms with van der Waals surface area (Å²) in [5.74, 6) is 3.13. The highest BCUT2D eigenvalue weighted by Crippen LogP contribution is 2.47. The molecule has 20 heavy (non-hydrogen) atoms. The Morgan fingerprint density at radius 1 is 1.25 bits per heavy atom. The first-order chi connectivity index (χ1) is 9.72. The third kappa shape index (κ3) is 1.90. The molecular weight excluding hydrogens is 270 g/mol. The van der Waals surface area contributed by atoms with E-state index in [0.717, 1.165) is 42.5 Å². The normalized spacial score (nSPS) is 28.5. The summed E-state index contributed by atoms with van der Waals surface area (Å²) in [7, 11) is 2.21. The van der Waals surface area contributed by atoms with Gasteiger partial charge in [-0.2, -0.15) is 0 Å². The number of ether oxygens (including phenoxy) is 1. The predicted octanol–water partition coefficient (Wildman–Crippen LogP) is 3.98. The molecule has 0 unspecified atom stereocenters. The molecule has 2 atom stereocenters. The second kappa shape index (κ2) is 4.64. The van der Waals surface area contributed by atoms with Crippen molar-refractivity contribution in [1.82, 2.24) is 4.90 Å². The van der Waals surface area contributed by atoms with Crippen molar-refractivity contribution in [2.24, 2.45) is 5.92 Å². The number of halogens is 1. The van der Waals surface area contributed by atoms with Gasteiger partial charge in [-0.3, -0.25) is 0 Å². The number of rotatable bonds is 0. The van der Waals surface area contributed by atoms with Crippen LogP contribution in [0.2, 0.25) is 5.02 Å². The van der Waals surface area contributed by atoms with Gasteiger partial charge in [0.1, 0.15) is 11.5 Å². The zero-order valence-corrected chi connectivity index (χ0v) is 12.4. The first-order valence-electron chi connectivity index (χ1n) is 7.28. The summed E-state index contributed by atoms with van der Waals surface area (Å²) in [6.07, 6.45) is 6.63. The van der Waals surface area contributed by atoms with Gasteiger partial charge in [-0.1, -0.05) is 17.7 Å². The van der Waals surface area contributed by atoms with Crippen molar-refractivity contribution in [2.45, 2.75) is 18.8 Å². The maximum atomic E-state index is 6.21. The Bertz CT molecular complexity index is 619. The molecule has 1 aliphatic carbocycles. The summed E-state index contributed by atoms with van der Waals surface area (Å²) in [5.41, 5.74) is 2.77. The lowest BCUT2D eigenvalue weighted by molar-refractivity contribution is 0.387. The molecule has 4 rings (SSSR count). The number of nitrogens with zero attached hydrogens (tertiary/aromatic N) is 1. The molecule has 0 radical (unpaired) electrons. The van der Waals surface area contributed by atoms with Gasteiger partial charge in [-0.05, 0) is 49.7 Å². The largest absolute Gasteiger partial charge is 0.457 e. The van der Waals surface area contributed by atoms with Crippen LogP contribution in [0, 0.1) is 5.92 Å². The number of likely N-dealkylation sites (N-methyl/N-ethyl adjacent to an activating group) is 1. The molecule has 0 N–H and O–H groups in total. The Labute approximate surface area is 124 Å². The van der Waals surface area contributed by atoms with E-state index in [9.17, 15) is 0 Å². The van der Waals surface area contributed by atoms with Crippen LogP contribution in [0.3, 0.4) is 0 Å². The molecule has 0 bridgehead atoms.